The van der Waals surface area contributed by atoms with Crippen LogP contribution >= 0.6 is 0 Å². The third kappa shape index (κ3) is 4.48. The van der Waals surface area contributed by atoms with Gasteiger partial charge in [0.05, 0.1) is 0 Å². The van der Waals surface area contributed by atoms with Crippen molar-refractivity contribution in [3.63, 3.8) is 0 Å². The van der Waals surface area contributed by atoms with Crippen molar-refractivity contribution in [3.8, 4) is 0 Å². The molecule has 5 aromatic rings. The molecule has 0 saturated heterocycles. The SMILES string of the molecule is O=c1n(Cc2ccccc2)c2ncn(Cc3ccccc3)c2c[n+]1Cc1ccccc1.[Cl-]. The van der Waals surface area contributed by atoms with Gasteiger partial charge >= 0.3 is 5.69 Å². The van der Waals surface area contributed by atoms with Gasteiger partial charge in [0.1, 0.15) is 25.6 Å². The molecule has 0 N–H and O–H groups in total. The molecule has 0 atom stereocenters. The Morgan fingerprint density at radius 1 is 0.719 bits per heavy atom. The molecule has 0 unspecified atom stereocenters. The molecule has 0 saturated carbocycles. The smallest absolute Gasteiger partial charge is 0.500 e. The maximum absolute atomic E-state index is 13.4. The third-order valence-corrected chi connectivity index (χ3v) is 5.44. The normalized spacial score (nSPS) is 10.8. The predicted octanol–water partition coefficient (Wildman–Crippen LogP) is 0.634. The second-order valence-corrected chi connectivity index (χ2v) is 7.66. The predicted molar refractivity (Wildman–Crippen MR) is 121 cm³/mol. The van der Waals surface area contributed by atoms with Crippen molar-refractivity contribution < 1.29 is 17.0 Å². The number of imidazole rings is 1. The minimum Gasteiger partial charge on any atom is -1.00 e. The molecule has 3 aromatic carbocycles. The van der Waals surface area contributed by atoms with Crippen LogP contribution < -0.4 is 22.7 Å². The van der Waals surface area contributed by atoms with Gasteiger partial charge in [0.25, 0.3) is 5.65 Å². The molecule has 32 heavy (non-hydrogen) atoms. The topological polar surface area (TPSA) is 43.7 Å². The van der Waals surface area contributed by atoms with Gasteiger partial charge in [-0.1, -0.05) is 91.0 Å². The van der Waals surface area contributed by atoms with Crippen LogP contribution in [0.1, 0.15) is 16.7 Å². The number of benzene rings is 3. The number of hydrogen-bond donors (Lipinski definition) is 0. The van der Waals surface area contributed by atoms with Crippen LogP contribution in [0.4, 0.5) is 0 Å². The van der Waals surface area contributed by atoms with E-state index < -0.39 is 0 Å². The lowest BCUT2D eigenvalue weighted by Crippen LogP contribution is -3.00. The molecule has 6 heteroatoms. The number of halogens is 1. The van der Waals surface area contributed by atoms with Crippen LogP contribution in [0.2, 0.25) is 0 Å². The zero-order chi connectivity index (χ0) is 21.0. The van der Waals surface area contributed by atoms with Gasteiger partial charge in [-0.05, 0) is 16.7 Å². The van der Waals surface area contributed by atoms with E-state index in [2.05, 4.69) is 21.7 Å². The summed E-state index contributed by atoms with van der Waals surface area (Å²) in [7, 11) is 0. The van der Waals surface area contributed by atoms with Crippen molar-refractivity contribution in [2.45, 2.75) is 19.6 Å². The van der Waals surface area contributed by atoms with E-state index in [0.717, 1.165) is 16.6 Å². The fourth-order valence-corrected chi connectivity index (χ4v) is 3.88. The van der Waals surface area contributed by atoms with E-state index >= 15 is 0 Å². The summed E-state index contributed by atoms with van der Waals surface area (Å²) in [4.78, 5) is 18.1. The first-order chi connectivity index (χ1) is 15.3. The Hall–Kier alpha value is -3.70. The minimum atomic E-state index is -0.0647. The summed E-state index contributed by atoms with van der Waals surface area (Å²) < 4.78 is 5.66. The highest BCUT2D eigenvalue weighted by Gasteiger charge is 2.21. The first-order valence-corrected chi connectivity index (χ1v) is 10.4. The van der Waals surface area contributed by atoms with Gasteiger partial charge in [-0.2, -0.15) is 18.9 Å². The quantitative estimate of drug-likeness (QED) is 0.362. The van der Waals surface area contributed by atoms with Gasteiger partial charge in [0.2, 0.25) is 0 Å². The molecule has 5 rings (SSSR count). The van der Waals surface area contributed by atoms with Gasteiger partial charge < -0.3 is 17.0 Å². The molecule has 0 fully saturated rings. The van der Waals surface area contributed by atoms with Crippen LogP contribution in [0, 0.1) is 0 Å². The van der Waals surface area contributed by atoms with E-state index in [4.69, 9.17) is 0 Å². The lowest BCUT2D eigenvalue weighted by Gasteiger charge is -2.08. The molecule has 0 bridgehead atoms. The van der Waals surface area contributed by atoms with Crippen LogP contribution in [-0.4, -0.2) is 14.1 Å². The summed E-state index contributed by atoms with van der Waals surface area (Å²) in [6.07, 6.45) is 3.76. The zero-order valence-corrected chi connectivity index (χ0v) is 18.3. The average molecular weight is 443 g/mol. The third-order valence-electron chi connectivity index (χ3n) is 5.44. The van der Waals surface area contributed by atoms with E-state index in [1.54, 1.807) is 9.13 Å². The average Bonchev–Trinajstić information content (AvgIpc) is 3.21. The molecular formula is C26H23ClN4O. The number of hydrogen-bond acceptors (Lipinski definition) is 2. The number of fused-ring (bicyclic) bond motifs is 1. The monoisotopic (exact) mass is 442 g/mol. The molecule has 0 aliphatic carbocycles. The maximum atomic E-state index is 13.4. The number of nitrogens with zero attached hydrogens (tertiary/aromatic N) is 4. The molecule has 0 aliphatic heterocycles. The highest BCUT2D eigenvalue weighted by Crippen LogP contribution is 2.14. The van der Waals surface area contributed by atoms with Gasteiger partial charge in [-0.3, -0.25) is 0 Å². The Labute approximate surface area is 192 Å². The Morgan fingerprint density at radius 2 is 1.25 bits per heavy atom. The molecule has 0 amide bonds. The molecule has 0 radical (unpaired) electrons. The van der Waals surface area contributed by atoms with Crippen LogP contribution in [0.25, 0.3) is 11.2 Å². The number of aromatic nitrogens is 4. The molecular weight excluding hydrogens is 420 g/mol. The van der Waals surface area contributed by atoms with Crippen molar-refractivity contribution in [3.05, 3.63) is 131 Å². The first-order valence-electron chi connectivity index (χ1n) is 10.4. The lowest BCUT2D eigenvalue weighted by atomic mass is 10.2. The summed E-state index contributed by atoms with van der Waals surface area (Å²) in [5.74, 6) is 0. The van der Waals surface area contributed by atoms with E-state index in [1.165, 1.54) is 5.56 Å². The number of rotatable bonds is 6. The van der Waals surface area contributed by atoms with Crippen molar-refractivity contribution in [1.29, 1.82) is 0 Å². The fourth-order valence-electron chi connectivity index (χ4n) is 3.88. The van der Waals surface area contributed by atoms with Gasteiger partial charge in [-0.25, -0.2) is 0 Å². The minimum absolute atomic E-state index is 0. The van der Waals surface area contributed by atoms with E-state index in [0.29, 0.717) is 25.3 Å². The van der Waals surface area contributed by atoms with Gasteiger partial charge in [0, 0.05) is 6.54 Å². The first kappa shape index (κ1) is 21.5. The Balaban J connectivity index is 0.00000245. The summed E-state index contributed by atoms with van der Waals surface area (Å²) in [5, 5.41) is 0. The Bertz CT molecular complexity index is 1360. The highest BCUT2D eigenvalue weighted by atomic mass is 35.5. The second kappa shape index (κ2) is 9.62. The molecule has 0 aliphatic rings. The summed E-state index contributed by atoms with van der Waals surface area (Å²) in [5.41, 5.74) is 4.93. The molecule has 2 heterocycles. The molecule has 2 aromatic heterocycles. The summed E-state index contributed by atoms with van der Waals surface area (Å²) in [6.45, 7) is 1.70. The van der Waals surface area contributed by atoms with Crippen LogP contribution in [0.15, 0.2) is 108 Å². The highest BCUT2D eigenvalue weighted by molar-refractivity contribution is 5.69. The van der Waals surface area contributed by atoms with Crippen molar-refractivity contribution in [1.82, 2.24) is 14.1 Å². The van der Waals surface area contributed by atoms with E-state index in [1.807, 2.05) is 91.4 Å². The molecule has 0 spiro atoms. The Kier molecular flexibility index (Phi) is 6.47. The van der Waals surface area contributed by atoms with Gasteiger partial charge in [-0.15, -0.1) is 0 Å². The fraction of sp³-hybridized carbons (Fsp3) is 0.115. The second-order valence-electron chi connectivity index (χ2n) is 7.66. The van der Waals surface area contributed by atoms with Crippen LogP contribution in [0.3, 0.4) is 0 Å². The van der Waals surface area contributed by atoms with Crippen molar-refractivity contribution >= 4 is 11.2 Å². The van der Waals surface area contributed by atoms with Crippen molar-refractivity contribution in [2.75, 3.05) is 0 Å². The Morgan fingerprint density at radius 3 is 1.84 bits per heavy atom. The van der Waals surface area contributed by atoms with Crippen LogP contribution in [-0.2, 0) is 19.6 Å². The maximum Gasteiger partial charge on any atom is 0.500 e. The standard InChI is InChI=1S/C26H23N4O.ClH/c31-26-28(16-21-10-4-1-5-11-21)19-24-25(30(26)18-23-14-8-3-9-15-23)27-20-29(24)17-22-12-6-2-7-13-22;/h1-15,19-20H,16-18H2;1H/q+1;/p-1. The summed E-state index contributed by atoms with van der Waals surface area (Å²) >= 11 is 0. The largest absolute Gasteiger partial charge is 1.00 e. The van der Waals surface area contributed by atoms with E-state index in [-0.39, 0.29) is 18.1 Å². The molecule has 5 nitrogen and oxygen atoms in total. The zero-order valence-electron chi connectivity index (χ0n) is 17.5. The summed E-state index contributed by atoms with van der Waals surface area (Å²) in [6, 6.07) is 30.4. The van der Waals surface area contributed by atoms with Gasteiger partial charge in [0.15, 0.2) is 5.52 Å². The lowest BCUT2D eigenvalue weighted by molar-refractivity contribution is -0.705. The van der Waals surface area contributed by atoms with E-state index in [9.17, 15) is 4.79 Å². The van der Waals surface area contributed by atoms with Crippen LogP contribution in [0.5, 0.6) is 0 Å². The molecule has 160 valence electrons. The van der Waals surface area contributed by atoms with Crippen molar-refractivity contribution in [2.24, 2.45) is 0 Å².